The van der Waals surface area contributed by atoms with Gasteiger partial charge in [-0.2, -0.15) is 0 Å². The minimum atomic E-state index is 0.433. The van der Waals surface area contributed by atoms with Gasteiger partial charge in [-0.25, -0.2) is 9.97 Å². The standard InChI is InChI=1S/C31H35N5O4/c1-23(35-40-21-24-7-4-3-5-8-24)25-9-11-26(12-10-25)34-31-27-19-30(29(37-2)20-28(27)32-22-33-31)39-16-6-13-36-14-17-38-18-15-36/h3-5,7-12,19-20,22H,6,13-18,21H2,1-2H3,(H,32,33,34)/b35-23+. The molecular formula is C31H35N5O4. The Labute approximate surface area is 234 Å². The van der Waals surface area contributed by atoms with Crippen LogP contribution < -0.4 is 14.8 Å². The Hall–Kier alpha value is -4.21. The van der Waals surface area contributed by atoms with Crippen LogP contribution in [0.3, 0.4) is 0 Å². The van der Waals surface area contributed by atoms with Crippen LogP contribution in [0.1, 0.15) is 24.5 Å². The highest BCUT2D eigenvalue weighted by Gasteiger charge is 2.13. The Balaban J connectivity index is 1.23. The third-order valence-electron chi connectivity index (χ3n) is 6.74. The van der Waals surface area contributed by atoms with Gasteiger partial charge in [0.15, 0.2) is 11.5 Å². The summed E-state index contributed by atoms with van der Waals surface area (Å²) in [5, 5.41) is 8.53. The molecular weight excluding hydrogens is 506 g/mol. The van der Waals surface area contributed by atoms with Crippen LogP contribution in [0.4, 0.5) is 11.5 Å². The highest BCUT2D eigenvalue weighted by Crippen LogP contribution is 2.35. The van der Waals surface area contributed by atoms with Gasteiger partial charge in [0, 0.05) is 36.8 Å². The molecule has 1 aliphatic rings. The molecule has 5 rings (SSSR count). The lowest BCUT2D eigenvalue weighted by Gasteiger charge is -2.26. The summed E-state index contributed by atoms with van der Waals surface area (Å²) in [4.78, 5) is 16.9. The number of aromatic nitrogens is 2. The number of hydrogen-bond donors (Lipinski definition) is 1. The summed E-state index contributed by atoms with van der Waals surface area (Å²) < 4.78 is 17.2. The Morgan fingerprint density at radius 3 is 2.58 bits per heavy atom. The molecule has 208 valence electrons. The Morgan fingerprint density at radius 1 is 1.00 bits per heavy atom. The summed E-state index contributed by atoms with van der Waals surface area (Å²) in [6.07, 6.45) is 2.46. The van der Waals surface area contributed by atoms with Crippen LogP contribution in [0.25, 0.3) is 10.9 Å². The minimum Gasteiger partial charge on any atom is -0.493 e. The number of morpholine rings is 1. The van der Waals surface area contributed by atoms with E-state index in [4.69, 9.17) is 19.0 Å². The van der Waals surface area contributed by atoms with Crippen molar-refractivity contribution in [3.05, 3.63) is 84.2 Å². The average molecular weight is 542 g/mol. The number of nitrogens with zero attached hydrogens (tertiary/aromatic N) is 4. The van der Waals surface area contributed by atoms with Crippen molar-refractivity contribution in [1.82, 2.24) is 14.9 Å². The van der Waals surface area contributed by atoms with Crippen molar-refractivity contribution in [3.8, 4) is 11.5 Å². The highest BCUT2D eigenvalue weighted by molar-refractivity contribution is 5.99. The fourth-order valence-corrected chi connectivity index (χ4v) is 4.49. The molecule has 2 heterocycles. The SMILES string of the molecule is COc1cc2ncnc(Nc3ccc(/C(C)=N/OCc4ccccc4)cc3)c2cc1OCCCN1CCOCC1. The number of oxime groups is 1. The fourth-order valence-electron chi connectivity index (χ4n) is 4.49. The Bertz CT molecular complexity index is 1410. The van der Waals surface area contributed by atoms with E-state index in [2.05, 4.69) is 25.3 Å². The van der Waals surface area contributed by atoms with Crippen molar-refractivity contribution in [3.63, 3.8) is 0 Å². The van der Waals surface area contributed by atoms with Crippen LogP contribution >= 0.6 is 0 Å². The summed E-state index contributed by atoms with van der Waals surface area (Å²) in [7, 11) is 1.64. The second-order valence-corrected chi connectivity index (χ2v) is 9.54. The van der Waals surface area contributed by atoms with E-state index in [1.54, 1.807) is 13.4 Å². The molecule has 0 saturated carbocycles. The lowest BCUT2D eigenvalue weighted by Crippen LogP contribution is -2.37. The van der Waals surface area contributed by atoms with E-state index in [1.165, 1.54) is 0 Å². The first-order valence-corrected chi connectivity index (χ1v) is 13.5. The first kappa shape index (κ1) is 27.4. The molecule has 40 heavy (non-hydrogen) atoms. The largest absolute Gasteiger partial charge is 0.493 e. The number of rotatable bonds is 12. The van der Waals surface area contributed by atoms with Gasteiger partial charge in [0.1, 0.15) is 18.8 Å². The fraction of sp³-hybridized carbons (Fsp3) is 0.323. The lowest BCUT2D eigenvalue weighted by atomic mass is 10.1. The normalized spacial score (nSPS) is 14.2. The van der Waals surface area contributed by atoms with Gasteiger partial charge in [-0.05, 0) is 42.7 Å². The third-order valence-corrected chi connectivity index (χ3v) is 6.74. The van der Waals surface area contributed by atoms with Crippen molar-refractivity contribution in [2.75, 3.05) is 51.9 Å². The van der Waals surface area contributed by atoms with Crippen LogP contribution in [0, 0.1) is 0 Å². The smallest absolute Gasteiger partial charge is 0.162 e. The van der Waals surface area contributed by atoms with Crippen molar-refractivity contribution < 1.29 is 19.0 Å². The minimum absolute atomic E-state index is 0.433. The molecule has 9 heteroatoms. The third kappa shape index (κ3) is 7.25. The molecule has 0 unspecified atom stereocenters. The monoisotopic (exact) mass is 541 g/mol. The topological polar surface area (TPSA) is 90.3 Å². The van der Waals surface area contributed by atoms with Crippen LogP contribution in [-0.2, 0) is 16.2 Å². The van der Waals surface area contributed by atoms with Crippen LogP contribution in [-0.4, -0.2) is 67.1 Å². The number of anilines is 2. The molecule has 0 spiro atoms. The molecule has 1 N–H and O–H groups in total. The molecule has 1 saturated heterocycles. The predicted octanol–water partition coefficient (Wildman–Crippen LogP) is 5.42. The first-order valence-electron chi connectivity index (χ1n) is 13.5. The van der Waals surface area contributed by atoms with Gasteiger partial charge in [0.05, 0.1) is 38.2 Å². The average Bonchev–Trinajstić information content (AvgIpc) is 3.00. The van der Waals surface area contributed by atoms with E-state index in [-0.39, 0.29) is 0 Å². The number of fused-ring (bicyclic) bond motifs is 1. The molecule has 0 atom stereocenters. The van der Waals surface area contributed by atoms with E-state index in [1.807, 2.05) is 73.7 Å². The summed E-state index contributed by atoms with van der Waals surface area (Å²) in [5.41, 5.74) is 4.52. The molecule has 1 fully saturated rings. The zero-order valence-corrected chi connectivity index (χ0v) is 23.0. The number of ether oxygens (including phenoxy) is 3. The number of hydrogen-bond acceptors (Lipinski definition) is 9. The molecule has 0 radical (unpaired) electrons. The van der Waals surface area contributed by atoms with Crippen LogP contribution in [0.15, 0.2) is 78.2 Å². The van der Waals surface area contributed by atoms with E-state index in [0.29, 0.717) is 30.5 Å². The molecule has 9 nitrogen and oxygen atoms in total. The van der Waals surface area contributed by atoms with E-state index >= 15 is 0 Å². The molecule has 3 aromatic carbocycles. The summed E-state index contributed by atoms with van der Waals surface area (Å²) in [6, 6.07) is 21.8. The van der Waals surface area contributed by atoms with Gasteiger partial charge < -0.3 is 24.4 Å². The molecule has 0 amide bonds. The Kier molecular flexibility index (Phi) is 9.39. The maximum atomic E-state index is 6.14. The summed E-state index contributed by atoms with van der Waals surface area (Å²) in [6.45, 7) is 7.48. The molecule has 1 aromatic heterocycles. The van der Waals surface area contributed by atoms with Crippen molar-refractivity contribution in [2.45, 2.75) is 20.0 Å². The summed E-state index contributed by atoms with van der Waals surface area (Å²) >= 11 is 0. The van der Waals surface area contributed by atoms with E-state index < -0.39 is 0 Å². The predicted molar refractivity (Wildman–Crippen MR) is 157 cm³/mol. The second kappa shape index (κ2) is 13.7. The number of benzene rings is 3. The zero-order chi connectivity index (χ0) is 27.6. The maximum Gasteiger partial charge on any atom is 0.162 e. The van der Waals surface area contributed by atoms with Crippen molar-refractivity contribution >= 4 is 28.1 Å². The maximum absolute atomic E-state index is 6.14. The van der Waals surface area contributed by atoms with Crippen LogP contribution in [0.2, 0.25) is 0 Å². The van der Waals surface area contributed by atoms with Gasteiger partial charge in [0.2, 0.25) is 0 Å². The van der Waals surface area contributed by atoms with E-state index in [0.717, 1.165) is 72.7 Å². The van der Waals surface area contributed by atoms with Crippen LogP contribution in [0.5, 0.6) is 11.5 Å². The highest BCUT2D eigenvalue weighted by atomic mass is 16.6. The second-order valence-electron chi connectivity index (χ2n) is 9.54. The van der Waals surface area contributed by atoms with Gasteiger partial charge in [-0.3, -0.25) is 4.90 Å². The van der Waals surface area contributed by atoms with Gasteiger partial charge in [-0.1, -0.05) is 47.6 Å². The quantitative estimate of drug-likeness (QED) is 0.144. The Morgan fingerprint density at radius 2 is 1.80 bits per heavy atom. The molecule has 0 aliphatic carbocycles. The first-order chi connectivity index (χ1) is 19.7. The van der Waals surface area contributed by atoms with Crippen molar-refractivity contribution in [1.29, 1.82) is 0 Å². The van der Waals surface area contributed by atoms with Gasteiger partial charge >= 0.3 is 0 Å². The van der Waals surface area contributed by atoms with E-state index in [9.17, 15) is 0 Å². The van der Waals surface area contributed by atoms with Gasteiger partial charge in [0.25, 0.3) is 0 Å². The molecule has 1 aliphatic heterocycles. The number of nitrogens with one attached hydrogen (secondary N) is 1. The molecule has 0 bridgehead atoms. The van der Waals surface area contributed by atoms with Crippen molar-refractivity contribution in [2.24, 2.45) is 5.16 Å². The molecule has 4 aromatic rings. The number of methoxy groups -OCH3 is 1. The van der Waals surface area contributed by atoms with Gasteiger partial charge in [-0.15, -0.1) is 0 Å². The summed E-state index contributed by atoms with van der Waals surface area (Å²) in [5.74, 6) is 2.01. The zero-order valence-electron chi connectivity index (χ0n) is 23.0. The lowest BCUT2D eigenvalue weighted by molar-refractivity contribution is 0.0357.